The van der Waals surface area contributed by atoms with Gasteiger partial charge in [-0.15, -0.1) is 0 Å². The minimum absolute atomic E-state index is 0.0105. The van der Waals surface area contributed by atoms with Crippen molar-refractivity contribution in [1.82, 2.24) is 15.3 Å². The first-order chi connectivity index (χ1) is 8.02. The molecule has 1 aromatic rings. The zero-order valence-electron chi connectivity index (χ0n) is 10.4. The maximum Gasteiger partial charge on any atom is 0.221 e. The van der Waals surface area contributed by atoms with Crippen molar-refractivity contribution in [2.24, 2.45) is 0 Å². The lowest BCUT2D eigenvalue weighted by Gasteiger charge is -2.09. The Balaban J connectivity index is 2.62. The molecule has 6 nitrogen and oxygen atoms in total. The highest BCUT2D eigenvalue weighted by Crippen LogP contribution is 2.14. The molecule has 0 saturated carbocycles. The molecule has 1 amide bonds. The fourth-order valence-electron chi connectivity index (χ4n) is 1.26. The number of nitrogens with zero attached hydrogens (tertiary/aromatic N) is 2. The third-order valence-corrected chi connectivity index (χ3v) is 2.22. The summed E-state index contributed by atoms with van der Waals surface area (Å²) in [7, 11) is 1.61. The van der Waals surface area contributed by atoms with Gasteiger partial charge in [0.25, 0.3) is 0 Å². The van der Waals surface area contributed by atoms with E-state index >= 15 is 0 Å². The van der Waals surface area contributed by atoms with Crippen molar-refractivity contribution in [3.05, 3.63) is 11.9 Å². The van der Waals surface area contributed by atoms with Crippen molar-refractivity contribution >= 4 is 17.5 Å². The molecule has 4 N–H and O–H groups in total. The summed E-state index contributed by atoms with van der Waals surface area (Å²) in [6, 6.07) is 1.66. The number of nitrogen functional groups attached to an aromatic ring is 1. The molecule has 6 heteroatoms. The van der Waals surface area contributed by atoms with Crippen LogP contribution >= 0.6 is 0 Å². The van der Waals surface area contributed by atoms with Gasteiger partial charge in [-0.25, -0.2) is 9.97 Å². The Hall–Kier alpha value is -1.85. The second-order valence-corrected chi connectivity index (χ2v) is 4.04. The second-order valence-electron chi connectivity index (χ2n) is 4.04. The van der Waals surface area contributed by atoms with Crippen LogP contribution < -0.4 is 16.4 Å². The summed E-state index contributed by atoms with van der Waals surface area (Å²) in [6.45, 7) is 4.53. The Kier molecular flexibility index (Phi) is 4.68. The van der Waals surface area contributed by atoms with E-state index in [0.29, 0.717) is 30.4 Å². The summed E-state index contributed by atoms with van der Waals surface area (Å²) in [4.78, 5) is 19.5. The highest BCUT2D eigenvalue weighted by atomic mass is 16.1. The van der Waals surface area contributed by atoms with Gasteiger partial charge in [-0.2, -0.15) is 0 Å². The van der Waals surface area contributed by atoms with Crippen molar-refractivity contribution in [1.29, 1.82) is 0 Å². The van der Waals surface area contributed by atoms with Crippen LogP contribution in [0.15, 0.2) is 6.07 Å². The molecule has 0 aromatic carbocycles. The van der Waals surface area contributed by atoms with E-state index < -0.39 is 0 Å². The molecule has 0 aliphatic rings. The zero-order valence-corrected chi connectivity index (χ0v) is 10.4. The first-order valence-corrected chi connectivity index (χ1v) is 5.62. The van der Waals surface area contributed by atoms with Crippen molar-refractivity contribution in [3.8, 4) is 0 Å². The molecule has 0 atom stereocenters. The predicted molar refractivity (Wildman–Crippen MR) is 67.7 cm³/mol. The van der Waals surface area contributed by atoms with Gasteiger partial charge in [-0.1, -0.05) is 13.8 Å². The highest BCUT2D eigenvalue weighted by Gasteiger charge is 2.06. The second kappa shape index (κ2) is 6.03. The first-order valence-electron chi connectivity index (χ1n) is 5.62. The van der Waals surface area contributed by atoms with E-state index in [1.807, 2.05) is 13.8 Å². The van der Waals surface area contributed by atoms with Crippen molar-refractivity contribution in [3.63, 3.8) is 0 Å². The van der Waals surface area contributed by atoms with Crippen molar-refractivity contribution in [2.75, 3.05) is 24.6 Å². The fourth-order valence-corrected chi connectivity index (χ4v) is 1.26. The average molecular weight is 237 g/mol. The maximum absolute atomic E-state index is 11.0. The van der Waals surface area contributed by atoms with E-state index in [-0.39, 0.29) is 11.8 Å². The van der Waals surface area contributed by atoms with Crippen LogP contribution in [-0.2, 0) is 4.79 Å². The number of nitrogens with two attached hydrogens (primary N) is 1. The first kappa shape index (κ1) is 13.2. The summed E-state index contributed by atoms with van der Waals surface area (Å²) in [5.74, 6) is 2.00. The number of rotatable bonds is 5. The van der Waals surface area contributed by atoms with Crippen LogP contribution in [0, 0.1) is 0 Å². The van der Waals surface area contributed by atoms with Crippen LogP contribution in [0.25, 0.3) is 0 Å². The van der Waals surface area contributed by atoms with E-state index in [2.05, 4.69) is 20.6 Å². The fraction of sp³-hybridized carbons (Fsp3) is 0.545. The van der Waals surface area contributed by atoms with Crippen LogP contribution in [0.5, 0.6) is 0 Å². The maximum atomic E-state index is 11.0. The summed E-state index contributed by atoms with van der Waals surface area (Å²) in [6.07, 6.45) is 0.400. The monoisotopic (exact) mass is 237 g/mol. The molecular weight excluding hydrogens is 218 g/mol. The van der Waals surface area contributed by atoms with Crippen LogP contribution in [-0.4, -0.2) is 29.5 Å². The van der Waals surface area contributed by atoms with Gasteiger partial charge in [0.15, 0.2) is 0 Å². The molecule has 0 bridgehead atoms. The van der Waals surface area contributed by atoms with Gasteiger partial charge < -0.3 is 16.4 Å². The van der Waals surface area contributed by atoms with Crippen LogP contribution in [0.2, 0.25) is 0 Å². The Morgan fingerprint density at radius 1 is 1.47 bits per heavy atom. The predicted octanol–water partition coefficient (Wildman–Crippen LogP) is 0.730. The highest BCUT2D eigenvalue weighted by molar-refractivity contribution is 5.76. The van der Waals surface area contributed by atoms with Gasteiger partial charge in [0.05, 0.1) is 0 Å². The number of carbonyl (C=O) groups is 1. The molecule has 94 valence electrons. The molecule has 0 saturated heterocycles. The SMILES string of the molecule is CNC(=O)CCNc1cc(N)nc(C(C)C)n1. The third kappa shape index (κ3) is 4.26. The van der Waals surface area contributed by atoms with E-state index in [1.165, 1.54) is 0 Å². The molecule has 1 rings (SSSR count). The molecule has 0 fully saturated rings. The number of amides is 1. The number of aromatic nitrogens is 2. The molecule has 0 aliphatic carbocycles. The van der Waals surface area contributed by atoms with Gasteiger partial charge in [-0.05, 0) is 0 Å². The Morgan fingerprint density at radius 3 is 2.76 bits per heavy atom. The van der Waals surface area contributed by atoms with Gasteiger partial charge in [-0.3, -0.25) is 4.79 Å². The van der Waals surface area contributed by atoms with Crippen LogP contribution in [0.4, 0.5) is 11.6 Å². The standard InChI is InChI=1S/C11H19N5O/c1-7(2)11-15-8(12)6-9(16-11)14-5-4-10(17)13-3/h6-7H,4-5H2,1-3H3,(H,13,17)(H3,12,14,15,16). The lowest BCUT2D eigenvalue weighted by molar-refractivity contribution is -0.120. The van der Waals surface area contributed by atoms with E-state index in [1.54, 1.807) is 13.1 Å². The van der Waals surface area contributed by atoms with Gasteiger partial charge in [0.1, 0.15) is 17.5 Å². The zero-order chi connectivity index (χ0) is 12.8. The number of hydrogen-bond donors (Lipinski definition) is 3. The van der Waals surface area contributed by atoms with Crippen LogP contribution in [0.1, 0.15) is 32.0 Å². The molecule has 1 heterocycles. The Morgan fingerprint density at radius 2 is 2.18 bits per heavy atom. The summed E-state index contributed by atoms with van der Waals surface area (Å²) >= 11 is 0. The van der Waals surface area contributed by atoms with Gasteiger partial charge in [0.2, 0.25) is 5.91 Å². The lowest BCUT2D eigenvalue weighted by atomic mass is 10.2. The van der Waals surface area contributed by atoms with Crippen molar-refractivity contribution < 1.29 is 4.79 Å². The quantitative estimate of drug-likeness (QED) is 0.702. The smallest absolute Gasteiger partial charge is 0.221 e. The van der Waals surface area contributed by atoms with E-state index in [0.717, 1.165) is 0 Å². The molecule has 0 radical (unpaired) electrons. The molecule has 0 unspecified atom stereocenters. The minimum Gasteiger partial charge on any atom is -0.384 e. The number of carbonyl (C=O) groups excluding carboxylic acids is 1. The molecule has 17 heavy (non-hydrogen) atoms. The summed E-state index contributed by atoms with van der Waals surface area (Å²) < 4.78 is 0. The average Bonchev–Trinajstić information content (AvgIpc) is 2.28. The Bertz CT molecular complexity index is 391. The summed E-state index contributed by atoms with van der Waals surface area (Å²) in [5, 5.41) is 5.61. The summed E-state index contributed by atoms with van der Waals surface area (Å²) in [5.41, 5.74) is 5.68. The molecule has 0 spiro atoms. The molecular formula is C11H19N5O. The third-order valence-electron chi connectivity index (χ3n) is 2.22. The van der Waals surface area contributed by atoms with Crippen LogP contribution in [0.3, 0.4) is 0 Å². The van der Waals surface area contributed by atoms with Gasteiger partial charge in [0, 0.05) is 32.0 Å². The van der Waals surface area contributed by atoms with E-state index in [4.69, 9.17) is 5.73 Å². The topological polar surface area (TPSA) is 92.9 Å². The number of hydrogen-bond acceptors (Lipinski definition) is 5. The van der Waals surface area contributed by atoms with Crippen molar-refractivity contribution in [2.45, 2.75) is 26.2 Å². The van der Waals surface area contributed by atoms with Gasteiger partial charge >= 0.3 is 0 Å². The molecule has 1 aromatic heterocycles. The number of anilines is 2. The van der Waals surface area contributed by atoms with E-state index in [9.17, 15) is 4.79 Å². The lowest BCUT2D eigenvalue weighted by Crippen LogP contribution is -2.21. The minimum atomic E-state index is -0.0105. The normalized spacial score (nSPS) is 10.4. The largest absolute Gasteiger partial charge is 0.384 e. The molecule has 0 aliphatic heterocycles. The number of nitrogens with one attached hydrogen (secondary N) is 2. The Labute approximate surface area is 101 Å².